The van der Waals surface area contributed by atoms with E-state index in [0.717, 1.165) is 18.2 Å². The quantitative estimate of drug-likeness (QED) is 0.654. The number of benzene rings is 1. The molecular weight excluding hydrogens is 261 g/mol. The van der Waals surface area contributed by atoms with Crippen molar-refractivity contribution in [3.63, 3.8) is 0 Å². The zero-order chi connectivity index (χ0) is 14.5. The van der Waals surface area contributed by atoms with Crippen LogP contribution in [0.4, 0.5) is 18.9 Å². The molecule has 3 N–H and O–H groups in total. The molecule has 0 radical (unpaired) electrons. The van der Waals surface area contributed by atoms with Crippen LogP contribution in [0, 0.1) is 0 Å². The molecule has 0 aliphatic heterocycles. The van der Waals surface area contributed by atoms with Crippen molar-refractivity contribution in [2.24, 2.45) is 5.73 Å². The lowest BCUT2D eigenvalue weighted by molar-refractivity contribution is -0.138. The third-order valence-corrected chi connectivity index (χ3v) is 2.06. The van der Waals surface area contributed by atoms with Crippen molar-refractivity contribution in [3.8, 4) is 0 Å². The minimum Gasteiger partial charge on any atom is -0.463 e. The van der Waals surface area contributed by atoms with Crippen LogP contribution in [0.15, 0.2) is 36.2 Å². The lowest BCUT2D eigenvalue weighted by Gasteiger charge is -2.09. The molecule has 1 rings (SSSR count). The van der Waals surface area contributed by atoms with Crippen molar-refractivity contribution in [1.29, 1.82) is 0 Å². The van der Waals surface area contributed by atoms with E-state index in [-0.39, 0.29) is 12.4 Å². The Kier molecular flexibility index (Phi) is 4.80. The van der Waals surface area contributed by atoms with Crippen molar-refractivity contribution >= 4 is 11.7 Å². The van der Waals surface area contributed by atoms with Crippen LogP contribution in [-0.2, 0) is 15.7 Å². The number of anilines is 1. The number of hydrogen-bond donors (Lipinski definition) is 2. The average molecular weight is 274 g/mol. The van der Waals surface area contributed by atoms with Crippen LogP contribution in [0.3, 0.4) is 0 Å². The van der Waals surface area contributed by atoms with Crippen LogP contribution in [0.2, 0.25) is 0 Å². The van der Waals surface area contributed by atoms with Gasteiger partial charge < -0.3 is 15.8 Å². The molecule has 7 heteroatoms. The van der Waals surface area contributed by atoms with Gasteiger partial charge in [-0.05, 0) is 31.2 Å². The molecule has 0 atom stereocenters. The third-order valence-electron chi connectivity index (χ3n) is 2.06. The van der Waals surface area contributed by atoms with E-state index in [1.54, 1.807) is 6.92 Å². The Morgan fingerprint density at radius 3 is 2.42 bits per heavy atom. The number of esters is 1. The highest BCUT2D eigenvalue weighted by Gasteiger charge is 2.29. The van der Waals surface area contributed by atoms with E-state index >= 15 is 0 Å². The summed E-state index contributed by atoms with van der Waals surface area (Å²) in [4.78, 5) is 11.1. The Bertz CT molecular complexity index is 467. The molecule has 1 aromatic carbocycles. The molecule has 0 unspecified atom stereocenters. The Morgan fingerprint density at radius 2 is 1.95 bits per heavy atom. The van der Waals surface area contributed by atoms with Crippen LogP contribution in [0.1, 0.15) is 12.5 Å². The summed E-state index contributed by atoms with van der Waals surface area (Å²) in [5.41, 5.74) is 5.07. The van der Waals surface area contributed by atoms with Crippen molar-refractivity contribution in [1.82, 2.24) is 0 Å². The minimum atomic E-state index is -4.38. The molecule has 1 aromatic rings. The maximum Gasteiger partial charge on any atom is 0.416 e. The van der Waals surface area contributed by atoms with Gasteiger partial charge in [-0.2, -0.15) is 13.2 Å². The molecule has 0 heterocycles. The van der Waals surface area contributed by atoms with E-state index in [9.17, 15) is 18.0 Å². The Morgan fingerprint density at radius 1 is 1.37 bits per heavy atom. The maximum absolute atomic E-state index is 12.3. The smallest absolute Gasteiger partial charge is 0.416 e. The summed E-state index contributed by atoms with van der Waals surface area (Å²) in [6.07, 6.45) is -3.37. The van der Waals surface area contributed by atoms with Gasteiger partial charge in [-0.15, -0.1) is 0 Å². The summed E-state index contributed by atoms with van der Waals surface area (Å²) >= 11 is 0. The molecule has 0 aliphatic rings. The second kappa shape index (κ2) is 6.12. The Hall–Kier alpha value is -2.18. The van der Waals surface area contributed by atoms with E-state index in [2.05, 4.69) is 10.1 Å². The molecule has 0 spiro atoms. The van der Waals surface area contributed by atoms with Crippen molar-refractivity contribution in [2.75, 3.05) is 11.9 Å². The highest BCUT2D eigenvalue weighted by molar-refractivity contribution is 5.83. The van der Waals surface area contributed by atoms with Crippen LogP contribution in [-0.4, -0.2) is 12.6 Å². The van der Waals surface area contributed by atoms with Crippen LogP contribution in [0.25, 0.3) is 0 Å². The first-order valence-corrected chi connectivity index (χ1v) is 5.41. The molecule has 0 aromatic heterocycles. The fraction of sp³-hybridized carbons (Fsp3) is 0.250. The van der Waals surface area contributed by atoms with Gasteiger partial charge in [0.05, 0.1) is 18.2 Å². The largest absolute Gasteiger partial charge is 0.463 e. The molecule has 0 bridgehead atoms. The summed E-state index contributed by atoms with van der Waals surface area (Å²) in [6.45, 7) is 1.86. The number of halogens is 3. The summed E-state index contributed by atoms with van der Waals surface area (Å²) < 4.78 is 41.6. The number of nitrogens with one attached hydrogen (secondary N) is 1. The summed E-state index contributed by atoms with van der Waals surface area (Å²) in [6, 6.07) is 4.27. The van der Waals surface area contributed by atoms with Crippen molar-refractivity contribution < 1.29 is 22.7 Å². The van der Waals surface area contributed by atoms with E-state index in [1.807, 2.05) is 0 Å². The van der Waals surface area contributed by atoms with E-state index in [1.165, 1.54) is 12.1 Å². The zero-order valence-corrected chi connectivity index (χ0v) is 10.1. The third kappa shape index (κ3) is 4.90. The number of rotatable bonds is 4. The summed E-state index contributed by atoms with van der Waals surface area (Å²) in [5.74, 6) is -0.641. The summed E-state index contributed by atoms with van der Waals surface area (Å²) in [7, 11) is 0. The van der Waals surface area contributed by atoms with Crippen molar-refractivity contribution in [2.45, 2.75) is 13.1 Å². The number of carbonyl (C=O) groups excluding carboxylic acids is 1. The SMILES string of the molecule is CCOC(=O)C=C(N)Nc1ccc(C(F)(F)F)cc1. The molecule has 19 heavy (non-hydrogen) atoms. The van der Waals surface area contributed by atoms with E-state index in [4.69, 9.17) is 5.73 Å². The second-order valence-corrected chi connectivity index (χ2v) is 3.55. The predicted octanol–water partition coefficient (Wildman–Crippen LogP) is 2.48. The lowest BCUT2D eigenvalue weighted by atomic mass is 10.2. The molecule has 0 fully saturated rings. The molecular formula is C12H13F3N2O2. The zero-order valence-electron chi connectivity index (χ0n) is 10.1. The molecule has 104 valence electrons. The first-order chi connectivity index (χ1) is 8.82. The number of hydrogen-bond acceptors (Lipinski definition) is 4. The monoisotopic (exact) mass is 274 g/mol. The topological polar surface area (TPSA) is 64.3 Å². The molecule has 0 aliphatic carbocycles. The van der Waals surface area contributed by atoms with Crippen LogP contribution >= 0.6 is 0 Å². The molecule has 0 saturated heterocycles. The van der Waals surface area contributed by atoms with Gasteiger partial charge in [-0.1, -0.05) is 0 Å². The molecule has 0 saturated carbocycles. The first-order valence-electron chi connectivity index (χ1n) is 5.41. The predicted molar refractivity (Wildman–Crippen MR) is 64.0 cm³/mol. The molecule has 4 nitrogen and oxygen atoms in total. The van der Waals surface area contributed by atoms with Gasteiger partial charge in [0.25, 0.3) is 0 Å². The Balaban J connectivity index is 2.70. The van der Waals surface area contributed by atoms with Gasteiger partial charge in [-0.3, -0.25) is 0 Å². The van der Waals surface area contributed by atoms with Gasteiger partial charge in [0.1, 0.15) is 5.82 Å². The number of ether oxygens (including phenoxy) is 1. The highest BCUT2D eigenvalue weighted by Crippen LogP contribution is 2.29. The first kappa shape index (κ1) is 14.9. The van der Waals surface area contributed by atoms with Crippen LogP contribution in [0.5, 0.6) is 0 Å². The van der Waals surface area contributed by atoms with Gasteiger partial charge in [-0.25, -0.2) is 4.79 Å². The van der Waals surface area contributed by atoms with Crippen LogP contribution < -0.4 is 11.1 Å². The van der Waals surface area contributed by atoms with Gasteiger partial charge in [0, 0.05) is 5.69 Å². The Labute approximate surface area is 108 Å². The van der Waals surface area contributed by atoms with Gasteiger partial charge in [0.15, 0.2) is 0 Å². The van der Waals surface area contributed by atoms with Crippen molar-refractivity contribution in [3.05, 3.63) is 41.7 Å². The number of nitrogens with two attached hydrogens (primary N) is 1. The van der Waals surface area contributed by atoms with E-state index < -0.39 is 17.7 Å². The number of alkyl halides is 3. The standard InChI is InChI=1S/C12H13F3N2O2/c1-2-19-11(18)7-10(16)17-9-5-3-8(4-6-9)12(13,14)15/h3-7,17H,2,16H2,1H3. The maximum atomic E-state index is 12.3. The lowest BCUT2D eigenvalue weighted by Crippen LogP contribution is -2.13. The molecule has 0 amide bonds. The normalized spacial score (nSPS) is 12.1. The highest BCUT2D eigenvalue weighted by atomic mass is 19.4. The van der Waals surface area contributed by atoms with Gasteiger partial charge >= 0.3 is 12.1 Å². The number of carbonyl (C=O) groups is 1. The summed E-state index contributed by atoms with van der Waals surface area (Å²) in [5, 5.41) is 2.58. The second-order valence-electron chi connectivity index (χ2n) is 3.55. The minimum absolute atomic E-state index is 0.0155. The van der Waals surface area contributed by atoms with Gasteiger partial charge in [0.2, 0.25) is 0 Å². The fourth-order valence-electron chi connectivity index (χ4n) is 1.26. The average Bonchev–Trinajstić information content (AvgIpc) is 2.28. The van der Waals surface area contributed by atoms with E-state index in [0.29, 0.717) is 5.69 Å². The fourth-order valence-corrected chi connectivity index (χ4v) is 1.26.